The molecule has 2 N–H and O–H groups in total. The van der Waals surface area contributed by atoms with Crippen molar-refractivity contribution in [2.45, 2.75) is 26.4 Å². The summed E-state index contributed by atoms with van der Waals surface area (Å²) < 4.78 is 2.06. The summed E-state index contributed by atoms with van der Waals surface area (Å²) in [7, 11) is 0. The molecule has 2 heterocycles. The van der Waals surface area contributed by atoms with E-state index in [9.17, 15) is 0 Å². The standard InChI is InChI=1S/C21H26N6/c1-2-23-21(25-11-9-20-8-3-4-10-24-20)26-15-18-6-5-7-19(14-18)16-27-13-12-22-17-27/h3-8,10,12-14,17H,2,9,11,15-16H2,1H3,(H2,23,25,26). The first-order chi connectivity index (χ1) is 13.3. The van der Waals surface area contributed by atoms with Crippen LogP contribution in [0.5, 0.6) is 0 Å². The van der Waals surface area contributed by atoms with E-state index in [2.05, 4.69) is 56.4 Å². The monoisotopic (exact) mass is 362 g/mol. The zero-order valence-electron chi connectivity index (χ0n) is 15.7. The molecule has 0 aliphatic rings. The maximum Gasteiger partial charge on any atom is 0.191 e. The molecule has 0 saturated heterocycles. The molecular formula is C21H26N6. The Balaban J connectivity index is 1.55. The van der Waals surface area contributed by atoms with Crippen molar-refractivity contribution in [3.8, 4) is 0 Å². The van der Waals surface area contributed by atoms with Gasteiger partial charge in [0.1, 0.15) is 0 Å². The third-order valence-electron chi connectivity index (χ3n) is 4.08. The van der Waals surface area contributed by atoms with Gasteiger partial charge in [0, 0.05) is 50.3 Å². The summed E-state index contributed by atoms with van der Waals surface area (Å²) in [5.74, 6) is 0.827. The van der Waals surface area contributed by atoms with Gasteiger partial charge < -0.3 is 15.2 Å². The van der Waals surface area contributed by atoms with E-state index in [0.29, 0.717) is 6.54 Å². The normalized spacial score (nSPS) is 11.4. The number of pyridine rings is 1. The van der Waals surface area contributed by atoms with Gasteiger partial charge in [-0.2, -0.15) is 0 Å². The molecule has 0 aliphatic carbocycles. The Morgan fingerprint density at radius 3 is 2.78 bits per heavy atom. The van der Waals surface area contributed by atoms with E-state index in [-0.39, 0.29) is 0 Å². The number of aliphatic imine (C=N–C) groups is 1. The minimum atomic E-state index is 0.636. The molecule has 6 nitrogen and oxygen atoms in total. The summed E-state index contributed by atoms with van der Waals surface area (Å²) in [6, 6.07) is 14.5. The molecule has 27 heavy (non-hydrogen) atoms. The summed E-state index contributed by atoms with van der Waals surface area (Å²) in [5, 5.41) is 6.67. The molecule has 3 aromatic rings. The van der Waals surface area contributed by atoms with E-state index in [4.69, 9.17) is 4.99 Å². The molecule has 3 rings (SSSR count). The first-order valence-corrected chi connectivity index (χ1v) is 9.29. The molecule has 1 aromatic carbocycles. The van der Waals surface area contributed by atoms with Crippen molar-refractivity contribution in [2.24, 2.45) is 4.99 Å². The summed E-state index contributed by atoms with van der Waals surface area (Å²) in [6.07, 6.45) is 8.30. The van der Waals surface area contributed by atoms with Crippen molar-refractivity contribution in [1.82, 2.24) is 25.2 Å². The zero-order valence-corrected chi connectivity index (χ0v) is 15.7. The van der Waals surface area contributed by atoms with Crippen LogP contribution in [0.15, 0.2) is 72.4 Å². The predicted octanol–water partition coefficient (Wildman–Crippen LogP) is 2.62. The van der Waals surface area contributed by atoms with Gasteiger partial charge in [-0.05, 0) is 30.2 Å². The van der Waals surface area contributed by atoms with E-state index in [1.807, 2.05) is 36.9 Å². The maximum atomic E-state index is 4.71. The largest absolute Gasteiger partial charge is 0.357 e. The lowest BCUT2D eigenvalue weighted by atomic mass is 10.1. The van der Waals surface area contributed by atoms with E-state index < -0.39 is 0 Å². The first-order valence-electron chi connectivity index (χ1n) is 9.29. The van der Waals surface area contributed by atoms with Crippen molar-refractivity contribution in [2.75, 3.05) is 13.1 Å². The highest BCUT2D eigenvalue weighted by atomic mass is 15.2. The quantitative estimate of drug-likeness (QED) is 0.477. The lowest BCUT2D eigenvalue weighted by Gasteiger charge is -2.11. The van der Waals surface area contributed by atoms with Crippen LogP contribution in [0, 0.1) is 0 Å². The molecule has 0 bridgehead atoms. The average molecular weight is 362 g/mol. The summed E-state index contributed by atoms with van der Waals surface area (Å²) >= 11 is 0. The molecule has 0 saturated carbocycles. The van der Waals surface area contributed by atoms with Gasteiger partial charge in [0.25, 0.3) is 0 Å². The number of rotatable bonds is 8. The van der Waals surface area contributed by atoms with Crippen molar-refractivity contribution in [3.05, 3.63) is 84.2 Å². The highest BCUT2D eigenvalue weighted by Crippen LogP contribution is 2.08. The highest BCUT2D eigenvalue weighted by Gasteiger charge is 2.01. The van der Waals surface area contributed by atoms with Crippen LogP contribution in [0.2, 0.25) is 0 Å². The number of guanidine groups is 1. The van der Waals surface area contributed by atoms with Gasteiger partial charge in [0.2, 0.25) is 0 Å². The van der Waals surface area contributed by atoms with Crippen molar-refractivity contribution < 1.29 is 0 Å². The molecule has 0 aliphatic heterocycles. The summed E-state index contributed by atoms with van der Waals surface area (Å²) in [5.41, 5.74) is 3.51. The molecule has 0 spiro atoms. The Labute approximate surface area is 160 Å². The lowest BCUT2D eigenvalue weighted by Crippen LogP contribution is -2.38. The fraction of sp³-hybridized carbons (Fsp3) is 0.286. The second kappa shape index (κ2) is 10.1. The van der Waals surface area contributed by atoms with Gasteiger partial charge in [-0.15, -0.1) is 0 Å². The Kier molecular flexibility index (Phi) is 6.98. The van der Waals surface area contributed by atoms with Gasteiger partial charge in [-0.25, -0.2) is 9.98 Å². The zero-order chi connectivity index (χ0) is 18.7. The highest BCUT2D eigenvalue weighted by molar-refractivity contribution is 5.79. The van der Waals surface area contributed by atoms with E-state index in [0.717, 1.165) is 37.7 Å². The fourth-order valence-corrected chi connectivity index (χ4v) is 2.78. The fourth-order valence-electron chi connectivity index (χ4n) is 2.78. The number of hydrogen-bond acceptors (Lipinski definition) is 3. The number of hydrogen-bond donors (Lipinski definition) is 2. The molecule has 0 fully saturated rings. The van der Waals surface area contributed by atoms with Crippen molar-refractivity contribution >= 4 is 5.96 Å². The Morgan fingerprint density at radius 2 is 2.00 bits per heavy atom. The van der Waals surface area contributed by atoms with Crippen LogP contribution >= 0.6 is 0 Å². The molecule has 6 heteroatoms. The molecule has 0 unspecified atom stereocenters. The Hall–Kier alpha value is -3.15. The molecule has 2 aromatic heterocycles. The number of nitrogens with zero attached hydrogens (tertiary/aromatic N) is 4. The summed E-state index contributed by atoms with van der Waals surface area (Å²) in [6.45, 7) is 5.15. The van der Waals surface area contributed by atoms with Gasteiger partial charge in [-0.1, -0.05) is 30.3 Å². The second-order valence-corrected chi connectivity index (χ2v) is 6.25. The molecule has 140 valence electrons. The smallest absolute Gasteiger partial charge is 0.191 e. The lowest BCUT2D eigenvalue weighted by molar-refractivity contribution is 0.785. The summed E-state index contributed by atoms with van der Waals surface area (Å²) in [4.78, 5) is 13.1. The molecule has 0 amide bonds. The SMILES string of the molecule is CCNC(=NCc1cccc(Cn2ccnc2)c1)NCCc1ccccn1. The van der Waals surface area contributed by atoms with Gasteiger partial charge in [-0.3, -0.25) is 4.98 Å². The van der Waals surface area contributed by atoms with Gasteiger partial charge >= 0.3 is 0 Å². The van der Waals surface area contributed by atoms with Crippen LogP contribution in [-0.2, 0) is 19.5 Å². The minimum Gasteiger partial charge on any atom is -0.357 e. The van der Waals surface area contributed by atoms with Crippen LogP contribution in [0.3, 0.4) is 0 Å². The Bertz CT molecular complexity index is 827. The van der Waals surface area contributed by atoms with Crippen LogP contribution in [-0.4, -0.2) is 33.6 Å². The topological polar surface area (TPSA) is 67.1 Å². The van der Waals surface area contributed by atoms with Crippen molar-refractivity contribution in [3.63, 3.8) is 0 Å². The van der Waals surface area contributed by atoms with Crippen molar-refractivity contribution in [1.29, 1.82) is 0 Å². The molecular weight excluding hydrogens is 336 g/mol. The Morgan fingerprint density at radius 1 is 1.07 bits per heavy atom. The second-order valence-electron chi connectivity index (χ2n) is 6.25. The number of benzene rings is 1. The van der Waals surface area contributed by atoms with Crippen LogP contribution < -0.4 is 10.6 Å². The van der Waals surface area contributed by atoms with Crippen LogP contribution in [0.4, 0.5) is 0 Å². The molecule has 0 atom stereocenters. The third kappa shape index (κ3) is 6.26. The number of imidazole rings is 1. The van der Waals surface area contributed by atoms with Crippen LogP contribution in [0.1, 0.15) is 23.7 Å². The first kappa shape index (κ1) is 18.6. The predicted molar refractivity (Wildman–Crippen MR) is 109 cm³/mol. The minimum absolute atomic E-state index is 0.636. The maximum absolute atomic E-state index is 4.71. The van der Waals surface area contributed by atoms with Gasteiger partial charge in [0.15, 0.2) is 5.96 Å². The van der Waals surface area contributed by atoms with Gasteiger partial charge in [0.05, 0.1) is 12.9 Å². The third-order valence-corrected chi connectivity index (χ3v) is 4.08. The van der Waals surface area contributed by atoms with E-state index >= 15 is 0 Å². The number of nitrogens with one attached hydrogen (secondary N) is 2. The van der Waals surface area contributed by atoms with E-state index in [1.54, 1.807) is 6.20 Å². The molecule has 0 radical (unpaired) electrons. The van der Waals surface area contributed by atoms with Crippen LogP contribution in [0.25, 0.3) is 0 Å². The number of aromatic nitrogens is 3. The average Bonchev–Trinajstić information content (AvgIpc) is 3.20. The van der Waals surface area contributed by atoms with E-state index in [1.165, 1.54) is 11.1 Å².